The van der Waals surface area contributed by atoms with Crippen LogP contribution in [0.5, 0.6) is 0 Å². The first-order valence-corrected chi connectivity index (χ1v) is 3.90. The average Bonchev–Trinajstić information content (AvgIpc) is 2.14. The van der Waals surface area contributed by atoms with Crippen LogP contribution < -0.4 is 0 Å². The van der Waals surface area contributed by atoms with Crippen molar-refractivity contribution in [2.24, 2.45) is 0 Å². The van der Waals surface area contributed by atoms with Crippen LogP contribution >= 0.6 is 0 Å². The monoisotopic (exact) mass is 244 g/mol. The molecule has 15 heavy (non-hydrogen) atoms. The molecule has 92 valence electrons. The Hall–Kier alpha value is -0.560. The maximum Gasteiger partial charge on any atom is 0.372 e. The molecule has 0 saturated carbocycles. The lowest BCUT2D eigenvalue weighted by molar-refractivity contribution is -0.291. The second-order valence-corrected chi connectivity index (χ2v) is 2.87. The summed E-state index contributed by atoms with van der Waals surface area (Å²) in [6.45, 7) is 0.924. The average molecular weight is 244 g/mol. The van der Waals surface area contributed by atoms with Crippen LogP contribution in [0.4, 0.5) is 35.1 Å². The Bertz CT molecular complexity index is 201. The van der Waals surface area contributed by atoms with Gasteiger partial charge in [-0.15, -0.1) is 0 Å². The summed E-state index contributed by atoms with van der Waals surface area (Å²) in [5.41, 5.74) is 0. The van der Waals surface area contributed by atoms with E-state index in [1.807, 2.05) is 0 Å². The van der Waals surface area contributed by atoms with Crippen molar-refractivity contribution in [3.63, 3.8) is 0 Å². The molecule has 0 amide bonds. The molecule has 0 aromatic heterocycles. The minimum absolute atomic E-state index is 0.809. The molecular weight excluding hydrogens is 236 g/mol. The van der Waals surface area contributed by atoms with E-state index in [4.69, 9.17) is 0 Å². The Morgan fingerprint density at radius 2 is 1.27 bits per heavy atom. The largest absolute Gasteiger partial charge is 0.372 e. The van der Waals surface area contributed by atoms with Crippen LogP contribution in [-0.2, 0) is 0 Å². The van der Waals surface area contributed by atoms with Gasteiger partial charge in [0.05, 0.1) is 0 Å². The van der Waals surface area contributed by atoms with E-state index in [2.05, 4.69) is 0 Å². The summed E-state index contributed by atoms with van der Waals surface area (Å²) in [5.74, 6) is -11.6. The minimum Gasteiger partial charge on any atom is -0.244 e. The zero-order chi connectivity index (χ0) is 12.4. The van der Waals surface area contributed by atoms with E-state index >= 15 is 0 Å². The van der Waals surface area contributed by atoms with Gasteiger partial charge in [-0.25, -0.2) is 17.6 Å². The van der Waals surface area contributed by atoms with Crippen molar-refractivity contribution in [2.75, 3.05) is 0 Å². The fourth-order valence-corrected chi connectivity index (χ4v) is 0.763. The van der Waals surface area contributed by atoms with E-state index in [1.54, 1.807) is 0 Å². The SMILES string of the molecule is CCC(F)[C@H](F)C(F)(F)C(F)(F)C(F)F. The van der Waals surface area contributed by atoms with Gasteiger partial charge in [0.25, 0.3) is 0 Å². The minimum atomic E-state index is -5.88. The third-order valence-electron chi connectivity index (χ3n) is 1.77. The first-order chi connectivity index (χ1) is 6.59. The first-order valence-electron chi connectivity index (χ1n) is 3.90. The van der Waals surface area contributed by atoms with Crippen LogP contribution in [0.3, 0.4) is 0 Å². The van der Waals surface area contributed by atoms with Crippen molar-refractivity contribution in [3.05, 3.63) is 0 Å². The molecule has 0 rings (SSSR count). The molecule has 1 unspecified atom stereocenters. The summed E-state index contributed by atoms with van der Waals surface area (Å²) in [7, 11) is 0. The van der Waals surface area contributed by atoms with E-state index < -0.39 is 37.0 Å². The third-order valence-corrected chi connectivity index (χ3v) is 1.77. The Labute approximate surface area is 80.3 Å². The molecule has 0 saturated heterocycles. The maximum absolute atomic E-state index is 12.5. The topological polar surface area (TPSA) is 0 Å². The summed E-state index contributed by atoms with van der Waals surface area (Å²) in [6.07, 6.45) is -12.4. The van der Waals surface area contributed by atoms with Crippen LogP contribution in [-0.4, -0.2) is 30.6 Å². The highest BCUT2D eigenvalue weighted by Crippen LogP contribution is 2.44. The Balaban J connectivity index is 4.95. The highest BCUT2D eigenvalue weighted by Gasteiger charge is 2.68. The zero-order valence-corrected chi connectivity index (χ0v) is 7.46. The molecule has 0 aromatic carbocycles. The highest BCUT2D eigenvalue weighted by molar-refractivity contribution is 4.95. The van der Waals surface area contributed by atoms with Gasteiger partial charge in [-0.05, 0) is 6.42 Å². The Morgan fingerprint density at radius 3 is 1.53 bits per heavy atom. The molecule has 0 fully saturated rings. The molecule has 0 aliphatic carbocycles. The molecule has 0 radical (unpaired) electrons. The molecule has 0 aromatic rings. The van der Waals surface area contributed by atoms with E-state index in [1.165, 1.54) is 0 Å². The zero-order valence-electron chi connectivity index (χ0n) is 7.46. The lowest BCUT2D eigenvalue weighted by atomic mass is 10.0. The normalized spacial score (nSPS) is 18.0. The van der Waals surface area contributed by atoms with Gasteiger partial charge in [0, 0.05) is 0 Å². The number of halogens is 8. The van der Waals surface area contributed by atoms with Gasteiger partial charge in [0.2, 0.25) is 6.17 Å². The van der Waals surface area contributed by atoms with Crippen LogP contribution in [0.25, 0.3) is 0 Å². The molecule has 0 heterocycles. The Kier molecular flexibility index (Phi) is 4.36. The maximum atomic E-state index is 12.5. The second-order valence-electron chi connectivity index (χ2n) is 2.87. The van der Waals surface area contributed by atoms with Crippen molar-refractivity contribution >= 4 is 0 Å². The van der Waals surface area contributed by atoms with Gasteiger partial charge in [-0.3, -0.25) is 0 Å². The fraction of sp³-hybridized carbons (Fsp3) is 1.00. The summed E-state index contributed by atoms with van der Waals surface area (Å²) >= 11 is 0. The van der Waals surface area contributed by atoms with E-state index in [9.17, 15) is 35.1 Å². The van der Waals surface area contributed by atoms with Crippen LogP contribution in [0.1, 0.15) is 13.3 Å². The highest BCUT2D eigenvalue weighted by atomic mass is 19.3. The molecule has 0 aliphatic heterocycles. The molecule has 0 aliphatic rings. The molecule has 0 spiro atoms. The molecular formula is C7H8F8. The van der Waals surface area contributed by atoms with Crippen molar-refractivity contribution in [1.82, 2.24) is 0 Å². The summed E-state index contributed by atoms with van der Waals surface area (Å²) in [4.78, 5) is 0. The van der Waals surface area contributed by atoms with Gasteiger partial charge in [-0.2, -0.15) is 17.6 Å². The molecule has 0 nitrogen and oxygen atoms in total. The predicted octanol–water partition coefficient (Wildman–Crippen LogP) is 3.61. The lowest BCUT2D eigenvalue weighted by Crippen LogP contribution is -2.55. The lowest BCUT2D eigenvalue weighted by Gasteiger charge is -2.29. The standard InChI is InChI=1S/C7H8F8/c1-2-3(8)4(9)6(12,13)7(14,15)5(10)11/h3-5H,2H2,1H3/t3?,4-/m0/s1. The van der Waals surface area contributed by atoms with Crippen LogP contribution in [0.2, 0.25) is 0 Å². The fourth-order valence-electron chi connectivity index (χ4n) is 0.763. The van der Waals surface area contributed by atoms with Crippen molar-refractivity contribution in [3.8, 4) is 0 Å². The Morgan fingerprint density at radius 1 is 0.867 bits per heavy atom. The van der Waals surface area contributed by atoms with Crippen molar-refractivity contribution < 1.29 is 35.1 Å². The second kappa shape index (κ2) is 4.52. The number of hydrogen-bond donors (Lipinski definition) is 0. The quantitative estimate of drug-likeness (QED) is 0.648. The van der Waals surface area contributed by atoms with Gasteiger partial charge >= 0.3 is 18.3 Å². The smallest absolute Gasteiger partial charge is 0.244 e. The summed E-state index contributed by atoms with van der Waals surface area (Å²) in [5, 5.41) is 0. The number of rotatable bonds is 5. The van der Waals surface area contributed by atoms with Gasteiger partial charge in [0.15, 0.2) is 0 Å². The van der Waals surface area contributed by atoms with Gasteiger partial charge in [-0.1, -0.05) is 6.92 Å². The predicted molar refractivity (Wildman–Crippen MR) is 36.0 cm³/mol. The van der Waals surface area contributed by atoms with Gasteiger partial charge in [0.1, 0.15) is 6.17 Å². The van der Waals surface area contributed by atoms with Crippen molar-refractivity contribution in [2.45, 2.75) is 44.0 Å². The third kappa shape index (κ3) is 2.52. The summed E-state index contributed by atoms with van der Waals surface area (Å²) < 4.78 is 97.1. The number of alkyl halides is 8. The molecule has 2 atom stereocenters. The molecule has 0 bridgehead atoms. The van der Waals surface area contributed by atoms with Gasteiger partial charge < -0.3 is 0 Å². The molecule has 8 heteroatoms. The van der Waals surface area contributed by atoms with E-state index in [-0.39, 0.29) is 0 Å². The number of hydrogen-bond acceptors (Lipinski definition) is 0. The van der Waals surface area contributed by atoms with Crippen LogP contribution in [0, 0.1) is 0 Å². The van der Waals surface area contributed by atoms with Crippen LogP contribution in [0.15, 0.2) is 0 Å². The molecule has 0 N–H and O–H groups in total. The van der Waals surface area contributed by atoms with E-state index in [0.717, 1.165) is 6.92 Å². The van der Waals surface area contributed by atoms with Crippen molar-refractivity contribution in [1.29, 1.82) is 0 Å². The first kappa shape index (κ1) is 14.4. The summed E-state index contributed by atoms with van der Waals surface area (Å²) in [6, 6.07) is 0. The van der Waals surface area contributed by atoms with E-state index in [0.29, 0.717) is 0 Å².